The second-order valence-corrected chi connectivity index (χ2v) is 6.58. The molecule has 2 heterocycles. The monoisotopic (exact) mass is 282 g/mol. The van der Waals surface area contributed by atoms with E-state index in [4.69, 9.17) is 4.42 Å². The van der Waals surface area contributed by atoms with Crippen molar-refractivity contribution in [1.29, 1.82) is 0 Å². The summed E-state index contributed by atoms with van der Waals surface area (Å²) in [6, 6.07) is 0. The van der Waals surface area contributed by atoms with Crippen LogP contribution in [-0.2, 0) is 4.79 Å². The molecule has 2 unspecified atom stereocenters. The predicted molar refractivity (Wildman–Crippen MR) is 76.2 cm³/mol. The fourth-order valence-electron chi connectivity index (χ4n) is 2.59. The van der Waals surface area contributed by atoms with Crippen LogP contribution in [0.4, 0.5) is 0 Å². The first-order chi connectivity index (χ1) is 8.95. The summed E-state index contributed by atoms with van der Waals surface area (Å²) in [4.78, 5) is 18.5. The standard InChI is InChI=1S/C14H22N2O2S/c1-9-5-10(2)7-16(6-9)13(17)8-19-14-15-11(3)12(4)18-14/h9-10H,5-8H2,1-4H3. The number of amides is 1. The molecule has 1 amide bonds. The van der Waals surface area contributed by atoms with Gasteiger partial charge in [0.15, 0.2) is 0 Å². The molecule has 1 saturated heterocycles. The molecule has 0 aromatic carbocycles. The number of piperidine rings is 1. The molecule has 1 aliphatic heterocycles. The molecule has 4 nitrogen and oxygen atoms in total. The van der Waals surface area contributed by atoms with Crippen molar-refractivity contribution < 1.29 is 9.21 Å². The minimum atomic E-state index is 0.192. The highest BCUT2D eigenvalue weighted by atomic mass is 32.2. The van der Waals surface area contributed by atoms with Crippen molar-refractivity contribution in [1.82, 2.24) is 9.88 Å². The van der Waals surface area contributed by atoms with Gasteiger partial charge in [0.05, 0.1) is 11.4 Å². The Labute approximate surface area is 118 Å². The summed E-state index contributed by atoms with van der Waals surface area (Å²) < 4.78 is 5.48. The zero-order valence-corrected chi connectivity index (χ0v) is 12.9. The lowest BCUT2D eigenvalue weighted by molar-refractivity contribution is -0.130. The summed E-state index contributed by atoms with van der Waals surface area (Å²) >= 11 is 1.39. The van der Waals surface area contributed by atoms with E-state index in [1.54, 1.807) is 0 Å². The van der Waals surface area contributed by atoms with Crippen molar-refractivity contribution in [3.05, 3.63) is 11.5 Å². The molecule has 1 aromatic heterocycles. The van der Waals surface area contributed by atoms with Gasteiger partial charge in [-0.25, -0.2) is 4.98 Å². The first-order valence-corrected chi connectivity index (χ1v) is 7.79. The molecule has 19 heavy (non-hydrogen) atoms. The van der Waals surface area contributed by atoms with E-state index in [-0.39, 0.29) is 5.91 Å². The molecule has 1 aliphatic rings. The van der Waals surface area contributed by atoms with Gasteiger partial charge in [0.25, 0.3) is 5.22 Å². The van der Waals surface area contributed by atoms with E-state index in [0.29, 0.717) is 22.8 Å². The van der Waals surface area contributed by atoms with Crippen molar-refractivity contribution in [3.8, 4) is 0 Å². The lowest BCUT2D eigenvalue weighted by Gasteiger charge is -2.34. The maximum absolute atomic E-state index is 12.2. The average Bonchev–Trinajstić information content (AvgIpc) is 2.64. The van der Waals surface area contributed by atoms with Gasteiger partial charge in [-0.1, -0.05) is 25.6 Å². The Bertz CT molecular complexity index is 429. The Hall–Kier alpha value is -0.970. The third kappa shape index (κ3) is 3.75. The molecule has 0 saturated carbocycles. The first-order valence-electron chi connectivity index (χ1n) is 6.80. The number of oxazole rings is 1. The zero-order valence-electron chi connectivity index (χ0n) is 12.1. The third-order valence-corrected chi connectivity index (χ3v) is 4.36. The molecule has 2 atom stereocenters. The van der Waals surface area contributed by atoms with Crippen LogP contribution in [0.3, 0.4) is 0 Å². The molecule has 0 radical (unpaired) electrons. The summed E-state index contributed by atoms with van der Waals surface area (Å²) in [5.74, 6) is 2.64. The summed E-state index contributed by atoms with van der Waals surface area (Å²) in [6.45, 7) is 10.00. The van der Waals surface area contributed by atoms with E-state index in [1.807, 2.05) is 18.7 Å². The minimum Gasteiger partial charge on any atom is -0.437 e. The van der Waals surface area contributed by atoms with Gasteiger partial charge in [-0.2, -0.15) is 0 Å². The van der Waals surface area contributed by atoms with Crippen molar-refractivity contribution in [2.24, 2.45) is 11.8 Å². The maximum Gasteiger partial charge on any atom is 0.256 e. The van der Waals surface area contributed by atoms with E-state index < -0.39 is 0 Å². The third-order valence-electron chi connectivity index (χ3n) is 3.55. The van der Waals surface area contributed by atoms with Crippen LogP contribution in [0.25, 0.3) is 0 Å². The molecule has 0 bridgehead atoms. The highest BCUT2D eigenvalue weighted by molar-refractivity contribution is 7.99. The Morgan fingerprint density at radius 1 is 1.37 bits per heavy atom. The van der Waals surface area contributed by atoms with Crippen molar-refractivity contribution in [2.45, 2.75) is 39.3 Å². The predicted octanol–water partition coefficient (Wildman–Crippen LogP) is 2.89. The average molecular weight is 282 g/mol. The molecular weight excluding hydrogens is 260 g/mol. The molecule has 0 N–H and O–H groups in total. The van der Waals surface area contributed by atoms with E-state index in [1.165, 1.54) is 18.2 Å². The molecule has 5 heteroatoms. The second-order valence-electron chi connectivity index (χ2n) is 5.65. The number of aromatic nitrogens is 1. The van der Waals surface area contributed by atoms with Crippen LogP contribution in [0, 0.1) is 25.7 Å². The Kier molecular flexibility index (Phi) is 4.55. The molecule has 1 fully saturated rings. The number of thioether (sulfide) groups is 1. The van der Waals surface area contributed by atoms with Crippen LogP contribution in [0.15, 0.2) is 9.64 Å². The van der Waals surface area contributed by atoms with Crippen molar-refractivity contribution in [3.63, 3.8) is 0 Å². The normalized spacial score (nSPS) is 23.7. The Balaban J connectivity index is 1.87. The van der Waals surface area contributed by atoms with Crippen LogP contribution < -0.4 is 0 Å². The summed E-state index contributed by atoms with van der Waals surface area (Å²) in [6.07, 6.45) is 1.22. The molecule has 106 valence electrons. The van der Waals surface area contributed by atoms with E-state index in [2.05, 4.69) is 18.8 Å². The number of carbonyl (C=O) groups excluding carboxylic acids is 1. The quantitative estimate of drug-likeness (QED) is 0.800. The van der Waals surface area contributed by atoms with Gasteiger partial charge in [-0.3, -0.25) is 4.79 Å². The first kappa shape index (κ1) is 14.4. The van der Waals surface area contributed by atoms with E-state index in [0.717, 1.165) is 24.5 Å². The SMILES string of the molecule is Cc1nc(SCC(=O)N2CC(C)CC(C)C2)oc1C. The van der Waals surface area contributed by atoms with Crippen LogP contribution in [0.5, 0.6) is 0 Å². The molecule has 0 spiro atoms. The van der Waals surface area contributed by atoms with Gasteiger partial charge in [0.2, 0.25) is 5.91 Å². The molecule has 0 aliphatic carbocycles. The number of hydrogen-bond donors (Lipinski definition) is 0. The number of hydrogen-bond acceptors (Lipinski definition) is 4. The van der Waals surface area contributed by atoms with Gasteiger partial charge in [0.1, 0.15) is 5.76 Å². The van der Waals surface area contributed by atoms with Gasteiger partial charge in [0, 0.05) is 13.1 Å². The smallest absolute Gasteiger partial charge is 0.256 e. The number of likely N-dealkylation sites (tertiary alicyclic amines) is 1. The van der Waals surface area contributed by atoms with E-state index >= 15 is 0 Å². The molecular formula is C14H22N2O2S. The van der Waals surface area contributed by atoms with Gasteiger partial charge in [-0.15, -0.1) is 0 Å². The number of nitrogens with zero attached hydrogens (tertiary/aromatic N) is 2. The Morgan fingerprint density at radius 2 is 2.00 bits per heavy atom. The number of carbonyl (C=O) groups is 1. The highest BCUT2D eigenvalue weighted by Gasteiger charge is 2.25. The largest absolute Gasteiger partial charge is 0.437 e. The fraction of sp³-hybridized carbons (Fsp3) is 0.714. The summed E-state index contributed by atoms with van der Waals surface area (Å²) in [5.41, 5.74) is 0.898. The topological polar surface area (TPSA) is 46.3 Å². The van der Waals surface area contributed by atoms with Crippen molar-refractivity contribution in [2.75, 3.05) is 18.8 Å². The van der Waals surface area contributed by atoms with Crippen LogP contribution in [0.1, 0.15) is 31.7 Å². The summed E-state index contributed by atoms with van der Waals surface area (Å²) in [7, 11) is 0. The Morgan fingerprint density at radius 3 is 2.53 bits per heavy atom. The summed E-state index contributed by atoms with van der Waals surface area (Å²) in [5, 5.41) is 0.599. The zero-order chi connectivity index (χ0) is 14.0. The minimum absolute atomic E-state index is 0.192. The fourth-order valence-corrected chi connectivity index (χ4v) is 3.40. The van der Waals surface area contributed by atoms with Crippen LogP contribution in [0.2, 0.25) is 0 Å². The van der Waals surface area contributed by atoms with Crippen molar-refractivity contribution >= 4 is 17.7 Å². The van der Waals surface area contributed by atoms with Crippen LogP contribution >= 0.6 is 11.8 Å². The lowest BCUT2D eigenvalue weighted by Crippen LogP contribution is -2.43. The maximum atomic E-state index is 12.2. The van der Waals surface area contributed by atoms with Gasteiger partial charge < -0.3 is 9.32 Å². The van der Waals surface area contributed by atoms with Crippen LogP contribution in [-0.4, -0.2) is 34.6 Å². The number of rotatable bonds is 3. The number of aryl methyl sites for hydroxylation is 2. The molecule has 2 rings (SSSR count). The molecule has 1 aromatic rings. The second kappa shape index (κ2) is 5.99. The van der Waals surface area contributed by atoms with Gasteiger partial charge in [-0.05, 0) is 32.1 Å². The lowest BCUT2D eigenvalue weighted by atomic mass is 9.92. The highest BCUT2D eigenvalue weighted by Crippen LogP contribution is 2.24. The van der Waals surface area contributed by atoms with Gasteiger partial charge >= 0.3 is 0 Å². The van der Waals surface area contributed by atoms with E-state index in [9.17, 15) is 4.79 Å².